The maximum absolute atomic E-state index is 13.0. The Balaban J connectivity index is 2.04. The number of amides is 2. The molecule has 2 aromatic carbocycles. The van der Waals surface area contributed by atoms with Crippen LogP contribution in [0.25, 0.3) is 0 Å². The first-order chi connectivity index (χ1) is 15.7. The highest BCUT2D eigenvalue weighted by Gasteiger charge is 2.19. The molecule has 0 spiro atoms. The lowest BCUT2D eigenvalue weighted by atomic mass is 10.2. The lowest BCUT2D eigenvalue weighted by Gasteiger charge is -2.12. The minimum absolute atomic E-state index is 0.0827. The Labute approximate surface area is 223 Å². The second-order valence-corrected chi connectivity index (χ2v) is 12.7. The molecule has 2 atom stereocenters. The van der Waals surface area contributed by atoms with Crippen LogP contribution in [0.15, 0.2) is 58.3 Å². The number of benzene rings is 2. The molecule has 0 aliphatic carbocycles. The summed E-state index contributed by atoms with van der Waals surface area (Å²) in [5.74, 6) is -0.165. The number of carbonyl (C=O) groups is 2. The van der Waals surface area contributed by atoms with Gasteiger partial charge in [0.2, 0.25) is 21.7 Å². The van der Waals surface area contributed by atoms with Crippen molar-refractivity contribution in [3.63, 3.8) is 0 Å². The van der Waals surface area contributed by atoms with Crippen molar-refractivity contribution in [2.75, 3.05) is 10.6 Å². The summed E-state index contributed by atoms with van der Waals surface area (Å²) in [6.45, 7) is 4.16. The van der Waals surface area contributed by atoms with Crippen LogP contribution < -0.4 is 10.6 Å². The summed E-state index contributed by atoms with van der Waals surface area (Å²) < 4.78 is 25.7. The molecule has 2 N–H and O–H groups in total. The molecule has 0 fully saturated rings. The molecule has 0 saturated heterocycles. The van der Waals surface area contributed by atoms with E-state index in [4.69, 9.17) is 0 Å². The number of hydrogen-bond acceptors (Lipinski definition) is 4. The van der Waals surface area contributed by atoms with Gasteiger partial charge < -0.3 is 10.6 Å². The van der Waals surface area contributed by atoms with E-state index in [0.717, 1.165) is 38.5 Å². The fraction of sp³-hybridized carbons (Fsp3) is 0.417. The highest BCUT2D eigenvalue weighted by atomic mass is 127. The van der Waals surface area contributed by atoms with Gasteiger partial charge in [-0.1, -0.05) is 84.7 Å². The molecule has 0 aliphatic rings. The zero-order chi connectivity index (χ0) is 24.4. The largest absolute Gasteiger partial charge is 0.325 e. The number of sulfone groups is 1. The zero-order valence-corrected chi connectivity index (χ0v) is 23.9. The van der Waals surface area contributed by atoms with E-state index in [1.165, 1.54) is 24.3 Å². The Morgan fingerprint density at radius 1 is 0.727 bits per heavy atom. The molecule has 0 saturated carbocycles. The summed E-state index contributed by atoms with van der Waals surface area (Å²) in [7, 11) is -3.71. The Hall–Kier alpha value is -1.21. The molecule has 0 radical (unpaired) electrons. The van der Waals surface area contributed by atoms with Crippen molar-refractivity contribution in [1.82, 2.24) is 0 Å². The van der Waals surface area contributed by atoms with Crippen LogP contribution in [0, 0.1) is 0 Å². The van der Waals surface area contributed by atoms with Crippen molar-refractivity contribution >= 4 is 78.2 Å². The van der Waals surface area contributed by atoms with Crippen LogP contribution in [0.4, 0.5) is 11.4 Å². The first-order valence-corrected chi connectivity index (χ1v) is 15.0. The standard InChI is InChI=1S/C24H30I2N2O4S/c1-3-5-7-21(25)23(29)27-17-9-13-19(14-10-17)33(31,32)20-15-11-18(12-16-20)28-24(30)22(26)8-6-4-2/h9-16,21-22H,3-8H2,1-2H3,(H,27,29)(H,28,30). The highest BCUT2D eigenvalue weighted by Crippen LogP contribution is 2.25. The van der Waals surface area contributed by atoms with Crippen LogP contribution in [-0.2, 0) is 19.4 Å². The van der Waals surface area contributed by atoms with Crippen molar-refractivity contribution in [2.45, 2.75) is 70.0 Å². The average molecular weight is 696 g/mol. The molecule has 6 nitrogen and oxygen atoms in total. The van der Waals surface area contributed by atoms with E-state index >= 15 is 0 Å². The highest BCUT2D eigenvalue weighted by molar-refractivity contribution is 14.1. The molecule has 0 heterocycles. The van der Waals surface area contributed by atoms with Crippen molar-refractivity contribution in [2.24, 2.45) is 0 Å². The topological polar surface area (TPSA) is 92.3 Å². The monoisotopic (exact) mass is 696 g/mol. The van der Waals surface area contributed by atoms with E-state index in [2.05, 4.69) is 69.7 Å². The van der Waals surface area contributed by atoms with Gasteiger partial charge in [-0.05, 0) is 61.4 Å². The second-order valence-electron chi connectivity index (χ2n) is 7.75. The molecule has 33 heavy (non-hydrogen) atoms. The van der Waals surface area contributed by atoms with Crippen LogP contribution in [0.2, 0.25) is 0 Å². The number of rotatable bonds is 12. The smallest absolute Gasteiger partial charge is 0.237 e. The minimum Gasteiger partial charge on any atom is -0.325 e. The summed E-state index contributed by atoms with van der Waals surface area (Å²) >= 11 is 4.26. The molecule has 9 heteroatoms. The van der Waals surface area contributed by atoms with Gasteiger partial charge in [-0.15, -0.1) is 0 Å². The van der Waals surface area contributed by atoms with Gasteiger partial charge in [-0.25, -0.2) is 8.42 Å². The molecule has 0 aromatic heterocycles. The predicted octanol–water partition coefficient (Wildman–Crippen LogP) is 6.38. The molecule has 2 unspecified atom stereocenters. The molecule has 2 rings (SSSR count). The van der Waals surface area contributed by atoms with Crippen molar-refractivity contribution in [1.29, 1.82) is 0 Å². The molecule has 2 aromatic rings. The van der Waals surface area contributed by atoms with Gasteiger partial charge in [0, 0.05) is 11.4 Å². The molecular formula is C24H30I2N2O4S. The number of unbranched alkanes of at least 4 members (excludes halogenated alkanes) is 2. The van der Waals surface area contributed by atoms with Gasteiger partial charge >= 0.3 is 0 Å². The summed E-state index contributed by atoms with van der Waals surface area (Å²) in [6, 6.07) is 12.3. The normalized spacial score (nSPS) is 13.2. The van der Waals surface area contributed by atoms with Crippen LogP contribution in [0.5, 0.6) is 0 Å². The first kappa shape index (κ1) is 28.0. The number of alkyl halides is 2. The van der Waals surface area contributed by atoms with Gasteiger partial charge in [0.15, 0.2) is 0 Å². The van der Waals surface area contributed by atoms with E-state index in [-0.39, 0.29) is 29.5 Å². The molecular weight excluding hydrogens is 666 g/mol. The fourth-order valence-electron chi connectivity index (χ4n) is 3.04. The Kier molecular flexibility index (Phi) is 11.6. The SMILES string of the molecule is CCCCC(I)C(=O)Nc1ccc(S(=O)(=O)c2ccc(NC(=O)C(I)CCCC)cc2)cc1. The van der Waals surface area contributed by atoms with Crippen LogP contribution in [0.3, 0.4) is 0 Å². The quantitative estimate of drug-likeness (QED) is 0.199. The Morgan fingerprint density at radius 3 is 1.36 bits per heavy atom. The van der Waals surface area contributed by atoms with Crippen LogP contribution in [0.1, 0.15) is 52.4 Å². The van der Waals surface area contributed by atoms with Gasteiger partial charge in [-0.2, -0.15) is 0 Å². The number of anilines is 2. The Morgan fingerprint density at radius 2 is 1.06 bits per heavy atom. The van der Waals surface area contributed by atoms with E-state index in [1.807, 2.05) is 0 Å². The zero-order valence-electron chi connectivity index (χ0n) is 18.8. The number of carbonyl (C=O) groups excluding carboxylic acids is 2. The van der Waals surface area contributed by atoms with E-state index in [9.17, 15) is 18.0 Å². The Bertz CT molecular complexity index is 948. The van der Waals surface area contributed by atoms with E-state index < -0.39 is 9.84 Å². The first-order valence-electron chi connectivity index (χ1n) is 11.0. The van der Waals surface area contributed by atoms with E-state index in [1.54, 1.807) is 24.3 Å². The molecule has 2 amide bonds. The predicted molar refractivity (Wildman–Crippen MR) is 150 cm³/mol. The number of halogens is 2. The van der Waals surface area contributed by atoms with Crippen molar-refractivity contribution < 1.29 is 18.0 Å². The number of hydrogen-bond donors (Lipinski definition) is 2. The summed E-state index contributed by atoms with van der Waals surface area (Å²) in [5, 5.41) is 5.67. The third-order valence-corrected chi connectivity index (χ3v) is 9.22. The van der Waals surface area contributed by atoms with Gasteiger partial charge in [0.1, 0.15) is 0 Å². The third-order valence-electron chi connectivity index (χ3n) is 5.06. The van der Waals surface area contributed by atoms with Crippen molar-refractivity contribution in [3.05, 3.63) is 48.5 Å². The lowest BCUT2D eigenvalue weighted by Crippen LogP contribution is -2.22. The summed E-state index contributed by atoms with van der Waals surface area (Å²) in [6.07, 6.45) is 5.65. The maximum atomic E-state index is 13.0. The maximum Gasteiger partial charge on any atom is 0.237 e. The lowest BCUT2D eigenvalue weighted by molar-refractivity contribution is -0.116. The van der Waals surface area contributed by atoms with E-state index in [0.29, 0.717) is 11.4 Å². The van der Waals surface area contributed by atoms with Gasteiger partial charge in [0.05, 0.1) is 17.6 Å². The molecule has 0 aliphatic heterocycles. The van der Waals surface area contributed by atoms with Gasteiger partial charge in [0.25, 0.3) is 0 Å². The summed E-state index contributed by atoms with van der Waals surface area (Å²) in [4.78, 5) is 24.8. The van der Waals surface area contributed by atoms with Crippen molar-refractivity contribution in [3.8, 4) is 0 Å². The molecule has 0 bridgehead atoms. The fourth-order valence-corrected chi connectivity index (χ4v) is 5.49. The van der Waals surface area contributed by atoms with Gasteiger partial charge in [-0.3, -0.25) is 9.59 Å². The third kappa shape index (κ3) is 8.50. The summed E-state index contributed by atoms with van der Waals surface area (Å²) in [5.41, 5.74) is 1.12. The minimum atomic E-state index is -3.71. The van der Waals surface area contributed by atoms with Crippen LogP contribution >= 0.6 is 45.2 Å². The molecule has 180 valence electrons. The second kappa shape index (κ2) is 13.6. The number of nitrogens with one attached hydrogen (secondary N) is 2. The van der Waals surface area contributed by atoms with Crippen LogP contribution in [-0.4, -0.2) is 28.1 Å². The average Bonchev–Trinajstić information content (AvgIpc) is 2.81.